The van der Waals surface area contributed by atoms with Gasteiger partial charge < -0.3 is 10.5 Å². The van der Waals surface area contributed by atoms with Crippen molar-refractivity contribution in [2.24, 2.45) is 0 Å². The number of ether oxygens (including phenoxy) is 1. The van der Waals surface area contributed by atoms with E-state index in [1.165, 1.54) is 12.3 Å². The molecule has 1 aromatic carbocycles. The maximum Gasteiger partial charge on any atom is 0.573 e. The third kappa shape index (κ3) is 3.81. The fraction of sp³-hybridized carbons (Fsp3) is 0.250. The summed E-state index contributed by atoms with van der Waals surface area (Å²) in [7, 11) is -1.37. The summed E-state index contributed by atoms with van der Waals surface area (Å²) in [6.07, 6.45) is -3.58. The Morgan fingerprint density at radius 3 is 2.70 bits per heavy atom. The van der Waals surface area contributed by atoms with E-state index in [-0.39, 0.29) is 25.9 Å². The normalized spacial score (nSPS) is 13.1. The number of alkyl halides is 3. The van der Waals surface area contributed by atoms with Gasteiger partial charge in [-0.05, 0) is 28.1 Å². The average Bonchev–Trinajstić information content (AvgIpc) is 2.82. The van der Waals surface area contributed by atoms with Crippen LogP contribution in [-0.4, -0.2) is 26.1 Å². The first kappa shape index (κ1) is 18.1. The van der Waals surface area contributed by atoms with Crippen LogP contribution in [0.4, 0.5) is 19.0 Å². The zero-order chi connectivity index (χ0) is 17.4. The minimum atomic E-state index is -4.86. The molecule has 2 N–H and O–H groups in total. The van der Waals surface area contributed by atoms with Gasteiger partial charge >= 0.3 is 6.36 Å². The maximum atomic E-state index is 12.4. The number of nitrogens with zero attached hydrogens (tertiary/aromatic N) is 2. The number of benzene rings is 1. The molecule has 1 unspecified atom stereocenters. The van der Waals surface area contributed by atoms with Crippen LogP contribution in [0, 0.1) is 0 Å². The molecule has 23 heavy (non-hydrogen) atoms. The Bertz CT molecular complexity index is 767. The summed E-state index contributed by atoms with van der Waals surface area (Å²) in [4.78, 5) is 0.276. The molecule has 11 heteroatoms. The Labute approximate surface area is 145 Å². The molecule has 0 saturated carbocycles. The summed E-state index contributed by atoms with van der Waals surface area (Å²) in [5, 5.41) is 4.05. The fourth-order valence-electron chi connectivity index (χ4n) is 1.77. The summed E-state index contributed by atoms with van der Waals surface area (Å²) in [5.41, 5.74) is 5.95. The molecule has 0 aliphatic rings. The van der Waals surface area contributed by atoms with Gasteiger partial charge in [0.2, 0.25) is 0 Å². The zero-order valence-corrected chi connectivity index (χ0v) is 14.7. The molecule has 0 spiro atoms. The SMILES string of the molecule is CCS(=O)c1cnn(-c2c(Cl)ccc(OC(F)(F)F)c2Br)c1N. The molecular formula is C12H10BrClF3N3O2S. The van der Waals surface area contributed by atoms with Crippen molar-refractivity contribution in [1.29, 1.82) is 0 Å². The van der Waals surface area contributed by atoms with Crippen molar-refractivity contribution in [2.75, 3.05) is 11.5 Å². The van der Waals surface area contributed by atoms with Gasteiger partial charge in [0, 0.05) is 5.75 Å². The van der Waals surface area contributed by atoms with E-state index < -0.39 is 22.9 Å². The molecule has 2 rings (SSSR count). The second kappa shape index (κ2) is 6.70. The molecule has 5 nitrogen and oxygen atoms in total. The van der Waals surface area contributed by atoms with Gasteiger partial charge in [0.1, 0.15) is 22.2 Å². The lowest BCUT2D eigenvalue weighted by Gasteiger charge is -2.15. The Morgan fingerprint density at radius 2 is 2.13 bits per heavy atom. The van der Waals surface area contributed by atoms with E-state index in [4.69, 9.17) is 17.3 Å². The molecule has 1 atom stereocenters. The summed E-state index contributed by atoms with van der Waals surface area (Å²) in [5.74, 6) is -0.149. The number of rotatable bonds is 4. The number of hydrogen-bond donors (Lipinski definition) is 1. The van der Waals surface area contributed by atoms with Gasteiger partial charge in [0.05, 0.1) is 26.5 Å². The summed E-state index contributed by atoms with van der Waals surface area (Å²) >= 11 is 9.06. The highest BCUT2D eigenvalue weighted by Crippen LogP contribution is 2.39. The molecule has 0 radical (unpaired) electrons. The second-order valence-electron chi connectivity index (χ2n) is 4.20. The van der Waals surface area contributed by atoms with E-state index in [0.717, 1.165) is 10.7 Å². The molecule has 2 aromatic rings. The molecule has 0 fully saturated rings. The van der Waals surface area contributed by atoms with Crippen LogP contribution >= 0.6 is 27.5 Å². The van der Waals surface area contributed by atoms with Crippen molar-refractivity contribution in [3.63, 3.8) is 0 Å². The molecule has 126 valence electrons. The molecular weight excluding hydrogens is 423 g/mol. The largest absolute Gasteiger partial charge is 0.573 e. The number of aromatic nitrogens is 2. The van der Waals surface area contributed by atoms with E-state index in [9.17, 15) is 17.4 Å². The van der Waals surface area contributed by atoms with Gasteiger partial charge in [-0.25, -0.2) is 4.68 Å². The number of halogens is 5. The van der Waals surface area contributed by atoms with E-state index in [2.05, 4.69) is 25.8 Å². The lowest BCUT2D eigenvalue weighted by Crippen LogP contribution is -2.18. The van der Waals surface area contributed by atoms with Gasteiger partial charge in [-0.3, -0.25) is 4.21 Å². The highest BCUT2D eigenvalue weighted by Gasteiger charge is 2.33. The first-order valence-electron chi connectivity index (χ1n) is 6.11. The van der Waals surface area contributed by atoms with Crippen LogP contribution in [0.1, 0.15) is 6.92 Å². The number of anilines is 1. The molecule has 0 bridgehead atoms. The van der Waals surface area contributed by atoms with E-state index in [1.807, 2.05) is 0 Å². The first-order chi connectivity index (χ1) is 10.7. The number of nitrogens with two attached hydrogens (primary N) is 1. The Hall–Kier alpha value is -1.26. The van der Waals surface area contributed by atoms with Gasteiger partial charge in [-0.1, -0.05) is 18.5 Å². The van der Waals surface area contributed by atoms with Crippen LogP contribution in [0.25, 0.3) is 5.69 Å². The summed E-state index contributed by atoms with van der Waals surface area (Å²) < 4.78 is 54.1. The van der Waals surface area contributed by atoms with Crippen LogP contribution in [0.5, 0.6) is 5.75 Å². The Kier molecular flexibility index (Phi) is 5.27. The van der Waals surface area contributed by atoms with Crippen LogP contribution < -0.4 is 10.5 Å². The highest BCUT2D eigenvalue weighted by atomic mass is 79.9. The van der Waals surface area contributed by atoms with Gasteiger partial charge in [0.25, 0.3) is 0 Å². The standard InChI is InChI=1S/C12H10BrClF3N3O2S/c1-2-23(21)8-5-19-20(11(8)18)10-6(14)3-4-7(9(10)13)22-12(15,16)17/h3-5H,2,18H2,1H3. The third-order valence-electron chi connectivity index (χ3n) is 2.75. The van der Waals surface area contributed by atoms with E-state index in [0.29, 0.717) is 5.75 Å². The van der Waals surface area contributed by atoms with E-state index >= 15 is 0 Å². The molecule has 0 amide bonds. The molecule has 0 saturated heterocycles. The lowest BCUT2D eigenvalue weighted by molar-refractivity contribution is -0.274. The second-order valence-corrected chi connectivity index (χ2v) is 7.10. The monoisotopic (exact) mass is 431 g/mol. The van der Waals surface area contributed by atoms with Crippen LogP contribution in [0.2, 0.25) is 5.02 Å². The lowest BCUT2D eigenvalue weighted by atomic mass is 10.3. The van der Waals surface area contributed by atoms with Gasteiger partial charge in [-0.2, -0.15) is 5.10 Å². The van der Waals surface area contributed by atoms with Crippen LogP contribution in [0.15, 0.2) is 27.7 Å². The molecule has 1 heterocycles. The van der Waals surface area contributed by atoms with Crippen molar-refractivity contribution >= 4 is 44.1 Å². The fourth-order valence-corrected chi connectivity index (χ4v) is 3.51. The molecule has 1 aromatic heterocycles. The molecule has 0 aliphatic carbocycles. The van der Waals surface area contributed by atoms with Crippen molar-refractivity contribution in [3.05, 3.63) is 27.8 Å². The number of nitrogen functional groups attached to an aromatic ring is 1. The minimum Gasteiger partial charge on any atom is -0.404 e. The van der Waals surface area contributed by atoms with Gasteiger partial charge in [-0.15, -0.1) is 13.2 Å². The van der Waals surface area contributed by atoms with Crippen LogP contribution in [-0.2, 0) is 10.8 Å². The van der Waals surface area contributed by atoms with Crippen molar-refractivity contribution in [1.82, 2.24) is 9.78 Å². The average molecular weight is 433 g/mol. The van der Waals surface area contributed by atoms with Crippen LogP contribution in [0.3, 0.4) is 0 Å². The van der Waals surface area contributed by atoms with Gasteiger partial charge in [0.15, 0.2) is 0 Å². The maximum absolute atomic E-state index is 12.4. The van der Waals surface area contributed by atoms with Crippen molar-refractivity contribution < 1.29 is 22.1 Å². The van der Waals surface area contributed by atoms with Crippen molar-refractivity contribution in [2.45, 2.75) is 18.2 Å². The predicted octanol–water partition coefficient (Wildman–Crippen LogP) is 3.90. The highest BCUT2D eigenvalue weighted by molar-refractivity contribution is 9.10. The van der Waals surface area contributed by atoms with Crippen molar-refractivity contribution in [3.8, 4) is 11.4 Å². The Morgan fingerprint density at radius 1 is 1.48 bits per heavy atom. The van der Waals surface area contributed by atoms with E-state index in [1.54, 1.807) is 6.92 Å². The topological polar surface area (TPSA) is 70.1 Å². The first-order valence-corrected chi connectivity index (χ1v) is 8.60. The molecule has 0 aliphatic heterocycles. The number of hydrogen-bond acceptors (Lipinski definition) is 4. The summed E-state index contributed by atoms with van der Waals surface area (Å²) in [6.45, 7) is 1.70. The smallest absolute Gasteiger partial charge is 0.404 e. The Balaban J connectivity index is 2.58. The quantitative estimate of drug-likeness (QED) is 0.796. The summed E-state index contributed by atoms with van der Waals surface area (Å²) in [6, 6.07) is 2.29. The predicted molar refractivity (Wildman–Crippen MR) is 84.3 cm³/mol. The minimum absolute atomic E-state index is 0.0249. The zero-order valence-electron chi connectivity index (χ0n) is 11.5. The third-order valence-corrected chi connectivity index (χ3v) is 5.15.